The van der Waals surface area contributed by atoms with Crippen molar-refractivity contribution in [3.8, 4) is 0 Å². The van der Waals surface area contributed by atoms with E-state index in [1.807, 2.05) is 0 Å². The molecule has 1 fully saturated rings. The standard InChI is InChI=1S/C4H6ClNS/c1-4-2-3-6(5)7-4/h1-3H2. The summed E-state index contributed by atoms with van der Waals surface area (Å²) >= 11 is 7.07. The van der Waals surface area contributed by atoms with E-state index in [2.05, 4.69) is 6.58 Å². The lowest BCUT2D eigenvalue weighted by Gasteiger charge is -1.94. The molecule has 0 amide bonds. The Bertz CT molecular complexity index is 93.7. The zero-order chi connectivity index (χ0) is 5.28. The van der Waals surface area contributed by atoms with Crippen LogP contribution in [0.4, 0.5) is 0 Å². The van der Waals surface area contributed by atoms with Gasteiger partial charge in [0.05, 0.1) is 0 Å². The van der Waals surface area contributed by atoms with Crippen molar-refractivity contribution in [1.29, 1.82) is 0 Å². The highest BCUT2D eigenvalue weighted by atomic mass is 35.5. The minimum Gasteiger partial charge on any atom is -0.159 e. The van der Waals surface area contributed by atoms with Gasteiger partial charge in [-0.05, 0) is 35.1 Å². The third-order valence-corrected chi connectivity index (χ3v) is 2.01. The molecular weight excluding hydrogens is 130 g/mol. The summed E-state index contributed by atoms with van der Waals surface area (Å²) in [7, 11) is 0. The topological polar surface area (TPSA) is 3.24 Å². The van der Waals surface area contributed by atoms with Crippen LogP contribution in [0.1, 0.15) is 6.42 Å². The lowest BCUT2D eigenvalue weighted by atomic mass is 10.4. The van der Waals surface area contributed by atoms with Gasteiger partial charge in [0.25, 0.3) is 0 Å². The quantitative estimate of drug-likeness (QED) is 0.369. The molecule has 1 nitrogen and oxygen atoms in total. The van der Waals surface area contributed by atoms with E-state index in [0.29, 0.717) is 0 Å². The molecule has 0 aliphatic carbocycles. The summed E-state index contributed by atoms with van der Waals surface area (Å²) in [6, 6.07) is 0. The maximum atomic E-state index is 5.54. The molecule has 1 saturated heterocycles. The third-order valence-electron chi connectivity index (χ3n) is 0.795. The Morgan fingerprint density at radius 1 is 1.86 bits per heavy atom. The summed E-state index contributed by atoms with van der Waals surface area (Å²) in [4.78, 5) is 1.16. The van der Waals surface area contributed by atoms with Gasteiger partial charge in [-0.15, -0.1) is 0 Å². The number of hydrogen-bond donors (Lipinski definition) is 0. The molecule has 7 heavy (non-hydrogen) atoms. The van der Waals surface area contributed by atoms with E-state index in [4.69, 9.17) is 11.8 Å². The van der Waals surface area contributed by atoms with Crippen LogP contribution in [0.3, 0.4) is 0 Å². The number of nitrogens with zero attached hydrogens (tertiary/aromatic N) is 1. The van der Waals surface area contributed by atoms with E-state index in [1.54, 1.807) is 3.82 Å². The molecule has 0 bridgehead atoms. The molecule has 0 saturated carbocycles. The maximum Gasteiger partial charge on any atom is 0.0302 e. The third kappa shape index (κ3) is 1.37. The summed E-state index contributed by atoms with van der Waals surface area (Å²) in [5.74, 6) is 0. The van der Waals surface area contributed by atoms with Gasteiger partial charge >= 0.3 is 0 Å². The Labute approximate surface area is 52.6 Å². The fourth-order valence-corrected chi connectivity index (χ4v) is 1.47. The minimum atomic E-state index is 0.936. The van der Waals surface area contributed by atoms with Crippen LogP contribution in [0.2, 0.25) is 0 Å². The van der Waals surface area contributed by atoms with Gasteiger partial charge in [-0.25, -0.2) is 0 Å². The second-order valence-electron chi connectivity index (χ2n) is 1.42. The average molecular weight is 136 g/mol. The SMILES string of the molecule is C=C1CCN(Cl)S1. The van der Waals surface area contributed by atoms with Gasteiger partial charge in [0.15, 0.2) is 0 Å². The Morgan fingerprint density at radius 2 is 2.57 bits per heavy atom. The highest BCUT2D eigenvalue weighted by molar-refractivity contribution is 8.01. The van der Waals surface area contributed by atoms with Crippen molar-refractivity contribution in [3.05, 3.63) is 11.5 Å². The van der Waals surface area contributed by atoms with Crippen molar-refractivity contribution in [2.45, 2.75) is 6.42 Å². The molecule has 0 aromatic rings. The monoisotopic (exact) mass is 135 g/mol. The van der Waals surface area contributed by atoms with E-state index in [-0.39, 0.29) is 0 Å². The van der Waals surface area contributed by atoms with Crippen LogP contribution in [-0.2, 0) is 0 Å². The van der Waals surface area contributed by atoms with E-state index in [1.165, 1.54) is 11.9 Å². The molecule has 0 radical (unpaired) electrons. The molecule has 40 valence electrons. The van der Waals surface area contributed by atoms with Crippen molar-refractivity contribution in [3.63, 3.8) is 0 Å². The van der Waals surface area contributed by atoms with E-state index >= 15 is 0 Å². The van der Waals surface area contributed by atoms with Crippen molar-refractivity contribution < 1.29 is 0 Å². The Hall–Kier alpha value is 0.340. The van der Waals surface area contributed by atoms with Gasteiger partial charge < -0.3 is 0 Å². The molecular formula is C4H6ClNS. The number of hydrogen-bond acceptors (Lipinski definition) is 2. The molecule has 0 atom stereocenters. The van der Waals surface area contributed by atoms with Crippen LogP contribution >= 0.6 is 23.7 Å². The molecule has 3 heteroatoms. The molecule has 0 unspecified atom stereocenters. The van der Waals surface area contributed by atoms with E-state index in [0.717, 1.165) is 17.9 Å². The molecule has 0 N–H and O–H groups in total. The minimum absolute atomic E-state index is 0.936. The zero-order valence-corrected chi connectivity index (χ0v) is 5.43. The fraction of sp³-hybridized carbons (Fsp3) is 0.500. The first-order chi connectivity index (χ1) is 3.29. The molecule has 0 aromatic carbocycles. The largest absolute Gasteiger partial charge is 0.159 e. The van der Waals surface area contributed by atoms with Crippen molar-refractivity contribution >= 4 is 23.7 Å². The predicted octanol–water partition coefficient (Wildman–Crippen LogP) is 2.01. The number of halogens is 1. The smallest absolute Gasteiger partial charge is 0.0302 e. The van der Waals surface area contributed by atoms with Crippen LogP contribution in [0.15, 0.2) is 11.5 Å². The van der Waals surface area contributed by atoms with Crippen molar-refractivity contribution in [2.75, 3.05) is 6.54 Å². The summed E-state index contributed by atoms with van der Waals surface area (Å²) in [6.45, 7) is 4.68. The highest BCUT2D eigenvalue weighted by Gasteiger charge is 2.12. The van der Waals surface area contributed by atoms with Gasteiger partial charge in [0.1, 0.15) is 0 Å². The molecule has 1 rings (SSSR count). The summed E-state index contributed by atoms with van der Waals surface area (Å²) in [5, 5.41) is 0. The van der Waals surface area contributed by atoms with Crippen molar-refractivity contribution in [1.82, 2.24) is 3.82 Å². The lowest BCUT2D eigenvalue weighted by molar-refractivity contribution is 0.756. The highest BCUT2D eigenvalue weighted by Crippen LogP contribution is 2.31. The van der Waals surface area contributed by atoms with Crippen molar-refractivity contribution in [2.24, 2.45) is 0 Å². The predicted molar refractivity (Wildman–Crippen MR) is 33.9 cm³/mol. The molecule has 1 aliphatic heterocycles. The molecule has 1 heterocycles. The second-order valence-corrected chi connectivity index (χ2v) is 3.23. The molecule has 0 aromatic heterocycles. The number of rotatable bonds is 0. The average Bonchev–Trinajstić information content (AvgIpc) is 1.87. The van der Waals surface area contributed by atoms with Crippen LogP contribution in [0.5, 0.6) is 0 Å². The van der Waals surface area contributed by atoms with Crippen LogP contribution in [-0.4, -0.2) is 10.4 Å². The summed E-state index contributed by atoms with van der Waals surface area (Å²) in [6.07, 6.45) is 1.04. The normalized spacial score (nSPS) is 23.9. The van der Waals surface area contributed by atoms with Crippen LogP contribution in [0.25, 0.3) is 0 Å². The molecule has 0 spiro atoms. The lowest BCUT2D eigenvalue weighted by Crippen LogP contribution is -1.91. The Balaban J connectivity index is 2.40. The van der Waals surface area contributed by atoms with Gasteiger partial charge in [-0.2, -0.15) is 3.82 Å². The van der Waals surface area contributed by atoms with Gasteiger partial charge in [-0.3, -0.25) is 0 Å². The maximum absolute atomic E-state index is 5.54. The first-order valence-electron chi connectivity index (χ1n) is 2.08. The summed E-state index contributed by atoms with van der Waals surface area (Å²) in [5.41, 5.74) is 0. The molecule has 1 aliphatic rings. The first-order valence-corrected chi connectivity index (χ1v) is 3.19. The Kier molecular flexibility index (Phi) is 1.62. The van der Waals surface area contributed by atoms with Gasteiger partial charge in [0, 0.05) is 6.54 Å². The second kappa shape index (κ2) is 2.07. The van der Waals surface area contributed by atoms with Crippen LogP contribution < -0.4 is 0 Å². The van der Waals surface area contributed by atoms with E-state index < -0.39 is 0 Å². The first kappa shape index (κ1) is 5.48. The summed E-state index contributed by atoms with van der Waals surface area (Å²) < 4.78 is 1.67. The Morgan fingerprint density at radius 3 is 2.71 bits per heavy atom. The van der Waals surface area contributed by atoms with Gasteiger partial charge in [0.2, 0.25) is 0 Å². The van der Waals surface area contributed by atoms with Crippen LogP contribution in [0, 0.1) is 0 Å². The fourth-order valence-electron chi connectivity index (χ4n) is 0.444. The zero-order valence-electron chi connectivity index (χ0n) is 3.85. The van der Waals surface area contributed by atoms with E-state index in [9.17, 15) is 0 Å². The van der Waals surface area contributed by atoms with Gasteiger partial charge in [-0.1, -0.05) is 6.58 Å².